The zero-order valence-corrected chi connectivity index (χ0v) is 10.5. The van der Waals surface area contributed by atoms with E-state index >= 15 is 0 Å². The molecule has 1 aromatic carbocycles. The molecule has 2 rings (SSSR count). The fourth-order valence-electron chi connectivity index (χ4n) is 2.46. The van der Waals surface area contributed by atoms with Gasteiger partial charge in [0.05, 0.1) is 5.56 Å². The highest BCUT2D eigenvalue weighted by Crippen LogP contribution is 2.32. The zero-order chi connectivity index (χ0) is 13.2. The molecule has 0 radical (unpaired) electrons. The molecule has 0 spiro atoms. The molecule has 100 valence electrons. The van der Waals surface area contributed by atoms with Crippen LogP contribution in [0, 0.1) is 12.8 Å². The molecular weight excluding hydrogens is 239 g/mol. The van der Waals surface area contributed by atoms with Gasteiger partial charge >= 0.3 is 6.18 Å². The summed E-state index contributed by atoms with van der Waals surface area (Å²) in [6.45, 7) is 2.61. The maximum Gasteiger partial charge on any atom is 0.416 e. The van der Waals surface area contributed by atoms with E-state index in [9.17, 15) is 13.2 Å². The average molecular weight is 257 g/mol. The van der Waals surface area contributed by atoms with Crippen LogP contribution in [0.2, 0.25) is 0 Å². The molecule has 0 unspecified atom stereocenters. The first-order valence-corrected chi connectivity index (χ1v) is 6.38. The summed E-state index contributed by atoms with van der Waals surface area (Å²) in [5.74, 6) is 0.610. The van der Waals surface area contributed by atoms with Crippen molar-refractivity contribution in [1.82, 2.24) is 0 Å². The van der Waals surface area contributed by atoms with Gasteiger partial charge in [0.1, 0.15) is 0 Å². The van der Waals surface area contributed by atoms with E-state index in [1.807, 2.05) is 6.92 Å². The second-order valence-corrected chi connectivity index (χ2v) is 5.06. The number of nitrogens with one attached hydrogen (secondary N) is 1. The quantitative estimate of drug-likeness (QED) is 0.833. The van der Waals surface area contributed by atoms with Crippen LogP contribution in [0.3, 0.4) is 0 Å². The summed E-state index contributed by atoms with van der Waals surface area (Å²) in [5.41, 5.74) is 0.889. The van der Waals surface area contributed by atoms with Crippen LogP contribution in [-0.4, -0.2) is 6.54 Å². The Bertz CT molecular complexity index is 406. The van der Waals surface area contributed by atoms with Crippen LogP contribution in [0.4, 0.5) is 18.9 Å². The highest BCUT2D eigenvalue weighted by molar-refractivity contribution is 5.53. The minimum Gasteiger partial charge on any atom is -0.385 e. The van der Waals surface area contributed by atoms with Gasteiger partial charge in [-0.2, -0.15) is 13.2 Å². The lowest BCUT2D eigenvalue weighted by Gasteiger charge is -2.16. The van der Waals surface area contributed by atoms with E-state index in [1.165, 1.54) is 37.8 Å². The van der Waals surface area contributed by atoms with Crippen molar-refractivity contribution in [3.05, 3.63) is 29.3 Å². The smallest absolute Gasteiger partial charge is 0.385 e. The second-order valence-electron chi connectivity index (χ2n) is 5.06. The predicted molar refractivity (Wildman–Crippen MR) is 66.6 cm³/mol. The molecule has 0 bridgehead atoms. The van der Waals surface area contributed by atoms with Crippen molar-refractivity contribution in [3.8, 4) is 0 Å². The molecule has 0 aromatic heterocycles. The number of benzene rings is 1. The minimum atomic E-state index is -4.27. The predicted octanol–water partition coefficient (Wildman–Crippen LogP) is 4.62. The van der Waals surface area contributed by atoms with Gasteiger partial charge in [0, 0.05) is 12.2 Å². The highest BCUT2D eigenvalue weighted by Gasteiger charge is 2.30. The van der Waals surface area contributed by atoms with Crippen LogP contribution in [0.15, 0.2) is 18.2 Å². The Labute approximate surface area is 105 Å². The highest BCUT2D eigenvalue weighted by atomic mass is 19.4. The van der Waals surface area contributed by atoms with Crippen LogP contribution in [0.5, 0.6) is 0 Å². The van der Waals surface area contributed by atoms with E-state index in [0.717, 1.165) is 18.2 Å². The molecule has 0 aliphatic heterocycles. The minimum absolute atomic E-state index is 0.581. The molecule has 4 heteroatoms. The van der Waals surface area contributed by atoms with Gasteiger partial charge in [-0.25, -0.2) is 0 Å². The van der Waals surface area contributed by atoms with Crippen LogP contribution in [0.25, 0.3) is 0 Å². The maximum atomic E-state index is 12.6. The molecule has 1 N–H and O–H groups in total. The first kappa shape index (κ1) is 13.2. The van der Waals surface area contributed by atoms with Crippen LogP contribution in [-0.2, 0) is 6.18 Å². The fourth-order valence-corrected chi connectivity index (χ4v) is 2.46. The van der Waals surface area contributed by atoms with E-state index in [0.29, 0.717) is 11.6 Å². The Morgan fingerprint density at radius 1 is 1.22 bits per heavy atom. The Morgan fingerprint density at radius 2 is 1.89 bits per heavy atom. The van der Waals surface area contributed by atoms with Gasteiger partial charge in [-0.05, 0) is 43.4 Å². The largest absolute Gasteiger partial charge is 0.416 e. The molecule has 0 heterocycles. The Kier molecular flexibility index (Phi) is 3.83. The number of rotatable bonds is 3. The van der Waals surface area contributed by atoms with Crippen LogP contribution < -0.4 is 5.32 Å². The fraction of sp³-hybridized carbons (Fsp3) is 0.571. The lowest BCUT2D eigenvalue weighted by molar-refractivity contribution is -0.137. The third kappa shape index (κ3) is 3.18. The normalized spacial score (nSPS) is 17.1. The van der Waals surface area contributed by atoms with Crippen molar-refractivity contribution in [1.29, 1.82) is 0 Å². The van der Waals surface area contributed by atoms with E-state index in [4.69, 9.17) is 0 Å². The van der Waals surface area contributed by atoms with Crippen molar-refractivity contribution >= 4 is 5.69 Å². The molecule has 1 saturated carbocycles. The van der Waals surface area contributed by atoms with Crippen molar-refractivity contribution < 1.29 is 13.2 Å². The van der Waals surface area contributed by atoms with E-state index in [1.54, 1.807) is 0 Å². The first-order valence-electron chi connectivity index (χ1n) is 6.38. The monoisotopic (exact) mass is 257 g/mol. The van der Waals surface area contributed by atoms with Gasteiger partial charge in [0.25, 0.3) is 0 Å². The Morgan fingerprint density at radius 3 is 2.50 bits per heavy atom. The number of halogens is 3. The molecule has 1 aliphatic carbocycles. The molecule has 0 saturated heterocycles. The lowest BCUT2D eigenvalue weighted by Crippen LogP contribution is -2.13. The van der Waals surface area contributed by atoms with Gasteiger partial charge in [-0.1, -0.05) is 18.9 Å². The van der Waals surface area contributed by atoms with Crippen LogP contribution >= 0.6 is 0 Å². The van der Waals surface area contributed by atoms with E-state index < -0.39 is 11.7 Å². The summed E-state index contributed by atoms with van der Waals surface area (Å²) < 4.78 is 37.8. The summed E-state index contributed by atoms with van der Waals surface area (Å²) in [6.07, 6.45) is 0.593. The SMILES string of the molecule is Cc1ccc(C(F)(F)F)cc1NCC1CCCC1. The molecule has 1 aromatic rings. The van der Waals surface area contributed by atoms with E-state index in [-0.39, 0.29) is 0 Å². The van der Waals surface area contributed by atoms with Gasteiger partial charge in [-0.3, -0.25) is 0 Å². The molecule has 1 nitrogen and oxygen atoms in total. The summed E-state index contributed by atoms with van der Waals surface area (Å²) in [5, 5.41) is 3.17. The second kappa shape index (κ2) is 5.21. The summed E-state index contributed by atoms with van der Waals surface area (Å²) in [6, 6.07) is 3.88. The lowest BCUT2D eigenvalue weighted by atomic mass is 10.1. The standard InChI is InChI=1S/C14H18F3N/c1-10-6-7-12(14(15,16)17)8-13(10)18-9-11-4-2-3-5-11/h6-8,11,18H,2-5,9H2,1H3. The molecule has 1 fully saturated rings. The van der Waals surface area contributed by atoms with Gasteiger partial charge in [-0.15, -0.1) is 0 Å². The Hall–Kier alpha value is -1.19. The van der Waals surface area contributed by atoms with Crippen LogP contribution in [0.1, 0.15) is 36.8 Å². The van der Waals surface area contributed by atoms with Gasteiger partial charge in [0.2, 0.25) is 0 Å². The molecule has 18 heavy (non-hydrogen) atoms. The molecule has 0 amide bonds. The van der Waals surface area contributed by atoms with Crippen molar-refractivity contribution in [2.45, 2.75) is 38.8 Å². The third-order valence-corrected chi connectivity index (χ3v) is 3.62. The molecule has 0 atom stereocenters. The zero-order valence-electron chi connectivity index (χ0n) is 10.5. The summed E-state index contributed by atoms with van der Waals surface area (Å²) in [7, 11) is 0. The summed E-state index contributed by atoms with van der Waals surface area (Å²) in [4.78, 5) is 0. The average Bonchev–Trinajstić information content (AvgIpc) is 2.79. The third-order valence-electron chi connectivity index (χ3n) is 3.62. The van der Waals surface area contributed by atoms with E-state index in [2.05, 4.69) is 5.32 Å². The number of aryl methyl sites for hydroxylation is 1. The van der Waals surface area contributed by atoms with Crippen molar-refractivity contribution in [3.63, 3.8) is 0 Å². The topological polar surface area (TPSA) is 12.0 Å². The first-order chi connectivity index (χ1) is 8.47. The molecular formula is C14H18F3N. The number of anilines is 1. The number of alkyl halides is 3. The van der Waals surface area contributed by atoms with Gasteiger partial charge < -0.3 is 5.32 Å². The number of hydrogen-bond donors (Lipinski definition) is 1. The Balaban J connectivity index is 2.06. The maximum absolute atomic E-state index is 12.6. The summed E-state index contributed by atoms with van der Waals surface area (Å²) >= 11 is 0. The van der Waals surface area contributed by atoms with Crippen molar-refractivity contribution in [2.75, 3.05) is 11.9 Å². The van der Waals surface area contributed by atoms with Crippen molar-refractivity contribution in [2.24, 2.45) is 5.92 Å². The molecule has 1 aliphatic rings. The van der Waals surface area contributed by atoms with Gasteiger partial charge in [0.15, 0.2) is 0 Å². The number of hydrogen-bond acceptors (Lipinski definition) is 1.